The molecule has 18 unspecified atom stereocenters. The van der Waals surface area contributed by atoms with Gasteiger partial charge >= 0.3 is 11.9 Å². The number of nitrogens with zero attached hydrogens (tertiary/aromatic N) is 2. The number of aliphatic carboxylic acids is 2. The van der Waals surface area contributed by atoms with E-state index in [0.29, 0.717) is 47.1 Å². The van der Waals surface area contributed by atoms with E-state index < -0.39 is 79.7 Å². The molecule has 5 saturated heterocycles. The molecule has 1 radical (unpaired) electrons. The zero-order valence-corrected chi connectivity index (χ0v) is 43.0. The van der Waals surface area contributed by atoms with E-state index in [1.807, 2.05) is 0 Å². The van der Waals surface area contributed by atoms with Crippen molar-refractivity contribution in [3.63, 3.8) is 0 Å². The molecule has 5 heterocycles. The van der Waals surface area contributed by atoms with Gasteiger partial charge in [-0.3, -0.25) is 52.1 Å². The Morgan fingerprint density at radius 1 is 0.437 bits per heavy atom. The van der Waals surface area contributed by atoms with Crippen LogP contribution in [0, 0.1) is 47.3 Å². The van der Waals surface area contributed by atoms with E-state index >= 15 is 16.8 Å². The first-order valence-electron chi connectivity index (χ1n) is 26.4. The molecule has 21 heteroatoms. The minimum absolute atomic E-state index is 0. The van der Waals surface area contributed by atoms with Crippen LogP contribution in [0.15, 0.2) is 60.7 Å². The van der Waals surface area contributed by atoms with E-state index in [-0.39, 0.29) is 79.2 Å². The molecule has 10 N–H and O–H groups in total. The number of carboxylic acid groups (broad SMARTS) is 2. The van der Waals surface area contributed by atoms with Gasteiger partial charge in [-0.05, 0) is 104 Å². The Morgan fingerprint density at radius 2 is 0.746 bits per heavy atom. The summed E-state index contributed by atoms with van der Waals surface area (Å²) < 4.78 is 65.0. The van der Waals surface area contributed by atoms with Gasteiger partial charge in [0.25, 0.3) is 0 Å². The molecule has 0 amide bonds. The quantitative estimate of drug-likeness (QED) is 0.147. The smallest absolute Gasteiger partial charge is 0.318 e. The minimum atomic E-state index is -4.81. The van der Waals surface area contributed by atoms with Gasteiger partial charge in [0.05, 0.1) is 59.8 Å². The van der Waals surface area contributed by atoms with Crippen molar-refractivity contribution in [2.24, 2.45) is 47.3 Å². The van der Waals surface area contributed by atoms with Crippen molar-refractivity contribution in [2.45, 2.75) is 163 Å². The second kappa shape index (κ2) is 21.6. The zero-order valence-electron chi connectivity index (χ0n) is 40.3. The summed E-state index contributed by atoms with van der Waals surface area (Å²) in [6.07, 6.45) is 12.5. The van der Waals surface area contributed by atoms with E-state index in [4.69, 9.17) is 0 Å². The molecular formula is C50H74CoN10O8S2. The first-order chi connectivity index (χ1) is 33.8. The fraction of sp³-hybridized carbons (Fsp3) is 0.720. The van der Waals surface area contributed by atoms with Gasteiger partial charge in [-0.15, -0.1) is 0 Å². The second-order valence-electron chi connectivity index (χ2n) is 22.2. The fourth-order valence-electron chi connectivity index (χ4n) is 15.4. The summed E-state index contributed by atoms with van der Waals surface area (Å²) in [4.78, 5) is 25.3. The number of hydrogen-bond acceptors (Lipinski definition) is 14. The third-order valence-corrected chi connectivity index (χ3v) is 23.1. The summed E-state index contributed by atoms with van der Waals surface area (Å²) in [7, 11) is -9.53. The van der Waals surface area contributed by atoms with Gasteiger partial charge in [0.15, 0.2) is 0 Å². The van der Waals surface area contributed by atoms with E-state index in [9.17, 15) is 19.8 Å². The van der Waals surface area contributed by atoms with Crippen molar-refractivity contribution in [3.8, 4) is 0 Å². The Kier molecular flexibility index (Phi) is 15.7. The van der Waals surface area contributed by atoms with Crippen molar-refractivity contribution in [1.29, 1.82) is 0 Å². The van der Waals surface area contributed by atoms with Crippen LogP contribution in [0.2, 0.25) is 0 Å². The Balaban J connectivity index is 0.00000582. The molecule has 9 fully saturated rings. The molecular weight excluding hydrogens is 992 g/mol. The molecule has 4 saturated carbocycles. The van der Waals surface area contributed by atoms with E-state index in [0.717, 1.165) is 60.0 Å². The summed E-state index contributed by atoms with van der Waals surface area (Å²) in [6.45, 7) is -2.30. The number of hydrogen-bond donors (Lipinski definition) is 10. The number of rotatable bonds is 12. The van der Waals surface area contributed by atoms with Gasteiger partial charge in [0.2, 0.25) is 20.0 Å². The molecule has 0 spiro atoms. The topological polar surface area (TPSA) is 246 Å². The Morgan fingerprint density at radius 3 is 1.08 bits per heavy atom. The van der Waals surface area contributed by atoms with Crippen molar-refractivity contribution in [1.82, 2.24) is 51.1 Å². The number of carboxylic acids is 2. The summed E-state index contributed by atoms with van der Waals surface area (Å²) in [6, 6.07) is 17.5. The number of sulfonamides is 2. The molecule has 2 aromatic carbocycles. The van der Waals surface area contributed by atoms with Gasteiger partial charge in [-0.1, -0.05) is 99.2 Å². The molecule has 9 aliphatic rings. The van der Waals surface area contributed by atoms with Crippen LogP contribution in [0.3, 0.4) is 0 Å². The summed E-state index contributed by atoms with van der Waals surface area (Å²) >= 11 is 0. The SMILES string of the molecule is O=C(O)CN(Cc1ccccc1)S(=O)(=O)C1CCC2C3NC4NC(NC5NC(NC6NC(NC(N3)C2C1S(=O)(=O)N(CC(=O)O)Cc1ccccc1)C1CCCCC61)C1CCCCC51)C1CCCCC41.[Co]. The maximum absolute atomic E-state index is 16.0. The van der Waals surface area contributed by atoms with Gasteiger partial charge in [-0.2, -0.15) is 8.61 Å². The second-order valence-corrected chi connectivity index (χ2v) is 26.4. The predicted octanol–water partition coefficient (Wildman–Crippen LogP) is 2.39. The van der Waals surface area contributed by atoms with Crippen LogP contribution in [0.1, 0.15) is 101 Å². The largest absolute Gasteiger partial charge is 0.480 e. The van der Waals surface area contributed by atoms with Gasteiger partial charge in [-0.25, -0.2) is 16.8 Å². The Bertz CT molecular complexity index is 2420. The van der Waals surface area contributed by atoms with Crippen LogP contribution in [0.5, 0.6) is 0 Å². The van der Waals surface area contributed by atoms with Crippen molar-refractivity contribution in [2.75, 3.05) is 13.1 Å². The summed E-state index contributed by atoms with van der Waals surface area (Å²) in [5.41, 5.74) is 1.12. The molecule has 5 aliphatic heterocycles. The normalized spacial score (nSPS) is 40.0. The van der Waals surface area contributed by atoms with Crippen LogP contribution >= 0.6 is 0 Å². The molecule has 18 nitrogen and oxygen atoms in total. The molecule has 71 heavy (non-hydrogen) atoms. The average molecular weight is 1070 g/mol. The van der Waals surface area contributed by atoms with Crippen LogP contribution in [-0.2, 0) is 59.5 Å². The minimum Gasteiger partial charge on any atom is -0.480 e. The fourth-order valence-corrected chi connectivity index (χ4v) is 20.4. The first kappa shape index (κ1) is 51.9. The summed E-state index contributed by atoms with van der Waals surface area (Å²) in [5.74, 6) is -1.81. The maximum atomic E-state index is 16.0. The predicted molar refractivity (Wildman–Crippen MR) is 262 cm³/mol. The monoisotopic (exact) mass is 1070 g/mol. The summed E-state index contributed by atoms with van der Waals surface area (Å²) in [5, 5.41) is 49.7. The zero-order chi connectivity index (χ0) is 48.3. The molecule has 393 valence electrons. The Hall–Kier alpha value is -2.61. The van der Waals surface area contributed by atoms with E-state index in [1.54, 1.807) is 60.7 Å². The van der Waals surface area contributed by atoms with Crippen LogP contribution in [-0.4, -0.2) is 121 Å². The molecule has 8 bridgehead atoms. The first-order valence-corrected chi connectivity index (χ1v) is 29.4. The molecule has 18 atom stereocenters. The van der Waals surface area contributed by atoms with Gasteiger partial charge in [0, 0.05) is 35.8 Å². The van der Waals surface area contributed by atoms with E-state index in [2.05, 4.69) is 42.5 Å². The van der Waals surface area contributed by atoms with Gasteiger partial charge < -0.3 is 10.2 Å². The average Bonchev–Trinajstić information content (AvgIpc) is 4.09. The van der Waals surface area contributed by atoms with Crippen LogP contribution in [0.4, 0.5) is 0 Å². The van der Waals surface area contributed by atoms with Crippen molar-refractivity contribution in [3.05, 3.63) is 71.8 Å². The van der Waals surface area contributed by atoms with Crippen LogP contribution < -0.4 is 42.5 Å². The third-order valence-electron chi connectivity index (χ3n) is 18.4. The molecule has 4 aliphatic carbocycles. The van der Waals surface area contributed by atoms with Gasteiger partial charge in [0.1, 0.15) is 13.1 Å². The molecule has 2 aromatic rings. The molecule has 0 aromatic heterocycles. The molecule has 11 rings (SSSR count). The Labute approximate surface area is 429 Å². The number of benzene rings is 2. The van der Waals surface area contributed by atoms with Crippen molar-refractivity contribution < 1.29 is 53.4 Å². The van der Waals surface area contributed by atoms with Crippen LogP contribution in [0.25, 0.3) is 0 Å². The standard InChI is InChI=1S/C50H74N10O8S2.Co/c61-39(62)27-59(25-29-13-3-1-4-14-29)69(65,66)38-24-23-37-41(42(38)70(67,68)60(28-40(63)64)26-30-15-5-2-6-16-30)50-57-48-36-22-12-11-21-35(36)46(55-48)53-44-32-18-8-7-17-31(32)43(51-44)52-45-33-19-9-10-20-34(33)47(54-45)56-49(37)58-50;/h1-6,13-16,31-38,41-58H,7-12,17-28H2,(H,61,62)(H,63,64);. The number of carbonyl (C=O) groups is 2. The third kappa shape index (κ3) is 10.3. The number of nitrogens with one attached hydrogen (secondary N) is 8. The van der Waals surface area contributed by atoms with Crippen molar-refractivity contribution >= 4 is 32.0 Å². The van der Waals surface area contributed by atoms with E-state index in [1.165, 1.54) is 25.7 Å². The maximum Gasteiger partial charge on any atom is 0.318 e. The number of fused-ring (bicyclic) bond motifs is 20.